The molecule has 2 N–H and O–H groups in total. The number of amides is 1. The van der Waals surface area contributed by atoms with Gasteiger partial charge in [-0.15, -0.1) is 0 Å². The van der Waals surface area contributed by atoms with E-state index in [9.17, 15) is 14.9 Å². The van der Waals surface area contributed by atoms with E-state index in [2.05, 4.69) is 20.6 Å². The predicted molar refractivity (Wildman–Crippen MR) is 91.0 cm³/mol. The molecule has 2 rings (SSSR count). The summed E-state index contributed by atoms with van der Waals surface area (Å²) in [6.45, 7) is 4.31. The van der Waals surface area contributed by atoms with Crippen molar-refractivity contribution in [3.05, 3.63) is 51.8 Å². The third-order valence-corrected chi connectivity index (χ3v) is 3.22. The van der Waals surface area contributed by atoms with E-state index in [0.29, 0.717) is 18.9 Å². The van der Waals surface area contributed by atoms with Crippen molar-refractivity contribution >= 4 is 23.2 Å². The Morgan fingerprint density at radius 2 is 1.88 bits per heavy atom. The van der Waals surface area contributed by atoms with Crippen LogP contribution in [0.15, 0.2) is 30.3 Å². The van der Waals surface area contributed by atoms with Gasteiger partial charge in [-0.2, -0.15) is 0 Å². The highest BCUT2D eigenvalue weighted by Gasteiger charge is 2.14. The van der Waals surface area contributed by atoms with Crippen molar-refractivity contribution < 1.29 is 9.72 Å². The molecule has 126 valence electrons. The molecule has 0 saturated heterocycles. The van der Waals surface area contributed by atoms with Gasteiger partial charge in [0.1, 0.15) is 5.69 Å². The number of nitrogens with zero attached hydrogens (tertiary/aromatic N) is 3. The van der Waals surface area contributed by atoms with Crippen LogP contribution in [0.3, 0.4) is 0 Å². The van der Waals surface area contributed by atoms with E-state index in [-0.39, 0.29) is 23.7 Å². The quantitative estimate of drug-likeness (QED) is 0.459. The van der Waals surface area contributed by atoms with Crippen molar-refractivity contribution in [3.63, 3.8) is 0 Å². The normalized spacial score (nSPS) is 10.2. The van der Waals surface area contributed by atoms with E-state index < -0.39 is 4.92 Å². The molecule has 0 fully saturated rings. The first-order valence-electron chi connectivity index (χ1n) is 7.55. The van der Waals surface area contributed by atoms with Gasteiger partial charge in [0.2, 0.25) is 11.9 Å². The number of nitrogens with one attached hydrogen (secondary N) is 2. The summed E-state index contributed by atoms with van der Waals surface area (Å²) in [5, 5.41) is 16.5. The number of carbonyl (C=O) groups is 1. The van der Waals surface area contributed by atoms with E-state index in [1.807, 2.05) is 19.9 Å². The molecule has 1 aromatic carbocycles. The Bertz CT molecular complexity index is 728. The summed E-state index contributed by atoms with van der Waals surface area (Å²) in [7, 11) is 0. The first-order chi connectivity index (χ1) is 11.5. The monoisotopic (exact) mass is 329 g/mol. The van der Waals surface area contributed by atoms with Crippen molar-refractivity contribution in [3.8, 4) is 0 Å². The molecule has 0 radical (unpaired) electrons. The van der Waals surface area contributed by atoms with Crippen LogP contribution < -0.4 is 10.6 Å². The maximum Gasteiger partial charge on any atom is 0.292 e. The Balaban J connectivity index is 1.81. The number of nitro groups is 1. The molecular weight excluding hydrogens is 310 g/mol. The Morgan fingerprint density at radius 1 is 1.21 bits per heavy atom. The molecule has 1 aromatic heterocycles. The lowest BCUT2D eigenvalue weighted by Gasteiger charge is -2.07. The van der Waals surface area contributed by atoms with Gasteiger partial charge in [0, 0.05) is 30.4 Å². The average molecular weight is 329 g/mol. The van der Waals surface area contributed by atoms with Gasteiger partial charge in [-0.3, -0.25) is 14.9 Å². The molecule has 0 bridgehead atoms. The Kier molecular flexibility index (Phi) is 5.78. The topological polar surface area (TPSA) is 110 Å². The first kappa shape index (κ1) is 17.3. The maximum atomic E-state index is 11.9. The standard InChI is InChI=1S/C16H19N5O3/c1-11-10-12(2)19-16(18-11)17-9-5-8-15(22)20-13-6-3-4-7-14(13)21(23)24/h3-4,6-7,10H,5,8-9H2,1-2H3,(H,20,22)(H,17,18,19). The van der Waals surface area contributed by atoms with Gasteiger partial charge in [0.05, 0.1) is 4.92 Å². The maximum absolute atomic E-state index is 11.9. The minimum Gasteiger partial charge on any atom is -0.354 e. The number of hydrogen-bond acceptors (Lipinski definition) is 6. The smallest absolute Gasteiger partial charge is 0.292 e. The fourth-order valence-corrected chi connectivity index (χ4v) is 2.21. The van der Waals surface area contributed by atoms with Crippen LogP contribution in [0, 0.1) is 24.0 Å². The van der Waals surface area contributed by atoms with Gasteiger partial charge in [0.15, 0.2) is 0 Å². The second-order valence-electron chi connectivity index (χ2n) is 5.33. The number of benzene rings is 1. The lowest BCUT2D eigenvalue weighted by molar-refractivity contribution is -0.383. The number of aryl methyl sites for hydroxylation is 2. The molecule has 0 unspecified atom stereocenters. The van der Waals surface area contributed by atoms with Crippen LogP contribution in [0.1, 0.15) is 24.2 Å². The number of para-hydroxylation sites is 2. The molecule has 24 heavy (non-hydrogen) atoms. The summed E-state index contributed by atoms with van der Waals surface area (Å²) in [5.74, 6) is 0.263. The minimum atomic E-state index is -0.519. The van der Waals surface area contributed by atoms with Crippen LogP contribution in [0.5, 0.6) is 0 Å². The summed E-state index contributed by atoms with van der Waals surface area (Å²) in [4.78, 5) is 30.8. The van der Waals surface area contributed by atoms with Gasteiger partial charge in [-0.1, -0.05) is 12.1 Å². The molecule has 0 saturated carbocycles. The van der Waals surface area contributed by atoms with E-state index in [1.54, 1.807) is 12.1 Å². The van der Waals surface area contributed by atoms with Crippen molar-refractivity contribution in [2.24, 2.45) is 0 Å². The van der Waals surface area contributed by atoms with Crippen LogP contribution >= 0.6 is 0 Å². The third kappa shape index (κ3) is 5.01. The van der Waals surface area contributed by atoms with E-state index >= 15 is 0 Å². The zero-order chi connectivity index (χ0) is 17.5. The van der Waals surface area contributed by atoms with Crippen LogP contribution in [0.25, 0.3) is 0 Å². The summed E-state index contributed by atoms with van der Waals surface area (Å²) in [5.41, 5.74) is 1.84. The molecule has 2 aromatic rings. The molecule has 0 aliphatic heterocycles. The van der Waals surface area contributed by atoms with Gasteiger partial charge in [0.25, 0.3) is 5.69 Å². The molecular formula is C16H19N5O3. The molecule has 0 spiro atoms. The largest absolute Gasteiger partial charge is 0.354 e. The number of aromatic nitrogens is 2. The molecule has 0 aliphatic rings. The third-order valence-electron chi connectivity index (χ3n) is 3.22. The van der Waals surface area contributed by atoms with E-state index in [1.165, 1.54) is 12.1 Å². The van der Waals surface area contributed by atoms with Crippen molar-refractivity contribution in [1.82, 2.24) is 9.97 Å². The van der Waals surface area contributed by atoms with Crippen molar-refractivity contribution in [1.29, 1.82) is 0 Å². The van der Waals surface area contributed by atoms with Crippen LogP contribution in [0.2, 0.25) is 0 Å². The summed E-state index contributed by atoms with van der Waals surface area (Å²) in [6.07, 6.45) is 0.798. The molecule has 1 amide bonds. The molecule has 0 atom stereocenters. The lowest BCUT2D eigenvalue weighted by atomic mass is 10.2. The van der Waals surface area contributed by atoms with Gasteiger partial charge < -0.3 is 10.6 Å². The van der Waals surface area contributed by atoms with Gasteiger partial charge in [-0.05, 0) is 32.4 Å². The zero-order valence-electron chi connectivity index (χ0n) is 13.6. The molecule has 8 heteroatoms. The van der Waals surface area contributed by atoms with Crippen LogP contribution in [-0.2, 0) is 4.79 Å². The number of carbonyl (C=O) groups excluding carboxylic acids is 1. The van der Waals surface area contributed by atoms with E-state index in [0.717, 1.165) is 11.4 Å². The van der Waals surface area contributed by atoms with Crippen LogP contribution in [0.4, 0.5) is 17.3 Å². The zero-order valence-corrected chi connectivity index (χ0v) is 13.6. The molecule has 8 nitrogen and oxygen atoms in total. The van der Waals surface area contributed by atoms with Crippen molar-refractivity contribution in [2.75, 3.05) is 17.2 Å². The average Bonchev–Trinajstić information content (AvgIpc) is 2.51. The number of rotatable bonds is 7. The lowest BCUT2D eigenvalue weighted by Crippen LogP contribution is -2.15. The number of anilines is 2. The fraction of sp³-hybridized carbons (Fsp3) is 0.312. The summed E-state index contributed by atoms with van der Waals surface area (Å²) >= 11 is 0. The van der Waals surface area contributed by atoms with Gasteiger partial charge >= 0.3 is 0 Å². The second kappa shape index (κ2) is 8.00. The Hall–Kier alpha value is -3.03. The van der Waals surface area contributed by atoms with Gasteiger partial charge in [-0.25, -0.2) is 9.97 Å². The van der Waals surface area contributed by atoms with Crippen LogP contribution in [-0.4, -0.2) is 27.3 Å². The highest BCUT2D eigenvalue weighted by molar-refractivity contribution is 5.93. The van der Waals surface area contributed by atoms with E-state index in [4.69, 9.17) is 0 Å². The molecule has 1 heterocycles. The number of nitro benzene ring substituents is 1. The number of hydrogen-bond donors (Lipinski definition) is 2. The second-order valence-corrected chi connectivity index (χ2v) is 5.33. The summed E-state index contributed by atoms with van der Waals surface area (Å²) in [6, 6.07) is 7.95. The Morgan fingerprint density at radius 3 is 2.54 bits per heavy atom. The summed E-state index contributed by atoms with van der Waals surface area (Å²) < 4.78 is 0. The highest BCUT2D eigenvalue weighted by atomic mass is 16.6. The SMILES string of the molecule is Cc1cc(C)nc(NCCCC(=O)Nc2ccccc2[N+](=O)[O-])n1. The minimum absolute atomic E-state index is 0.118. The highest BCUT2D eigenvalue weighted by Crippen LogP contribution is 2.23. The Labute approximate surface area is 139 Å². The fourth-order valence-electron chi connectivity index (χ4n) is 2.21. The molecule has 0 aliphatic carbocycles. The van der Waals surface area contributed by atoms with Crippen molar-refractivity contribution in [2.45, 2.75) is 26.7 Å². The first-order valence-corrected chi connectivity index (χ1v) is 7.55. The predicted octanol–water partition coefficient (Wildman–Crippen LogP) is 2.83.